The molecule has 2 aromatic carbocycles. The molecule has 0 radical (unpaired) electrons. The van der Waals surface area contributed by atoms with Crippen molar-refractivity contribution in [2.45, 2.75) is 38.5 Å². The minimum Gasteiger partial charge on any atom is -0.410 e. The third kappa shape index (κ3) is 11.0. The summed E-state index contributed by atoms with van der Waals surface area (Å²) in [7, 11) is -10.6. The summed E-state index contributed by atoms with van der Waals surface area (Å²) in [4.78, 5) is 4.75. The van der Waals surface area contributed by atoms with E-state index in [2.05, 4.69) is 52.6 Å². The predicted octanol–water partition coefficient (Wildman–Crippen LogP) is 6.82. The van der Waals surface area contributed by atoms with Gasteiger partial charge in [0.25, 0.3) is 0 Å². The molecule has 8 rings (SSSR count). The van der Waals surface area contributed by atoms with Gasteiger partial charge in [-0.15, -0.1) is 24.2 Å². The summed E-state index contributed by atoms with van der Waals surface area (Å²) in [6.07, 6.45) is 7.61. The summed E-state index contributed by atoms with van der Waals surface area (Å²) in [6, 6.07) is 15.3. The third-order valence-electron chi connectivity index (χ3n) is 8.43. The van der Waals surface area contributed by atoms with Crippen LogP contribution in [0.4, 0.5) is 25.2 Å². The number of rotatable bonds is 5. The van der Waals surface area contributed by atoms with Gasteiger partial charge >= 0.3 is 40.9 Å². The summed E-state index contributed by atoms with van der Waals surface area (Å²) in [5, 5.41) is 24.8. The smallest absolute Gasteiger partial charge is 0.410 e. The van der Waals surface area contributed by atoms with Gasteiger partial charge in [0.2, 0.25) is 0 Å². The summed E-state index contributed by atoms with van der Waals surface area (Å²) < 4.78 is 79.2. The van der Waals surface area contributed by atoms with E-state index in [1.807, 2.05) is 30.3 Å². The first kappa shape index (κ1) is 38.3. The van der Waals surface area contributed by atoms with E-state index in [9.17, 15) is 25.2 Å². The summed E-state index contributed by atoms with van der Waals surface area (Å²) in [5.41, 5.74) is 3.19. The van der Waals surface area contributed by atoms with E-state index in [-0.39, 0.29) is 0 Å². The van der Waals surface area contributed by atoms with Crippen molar-refractivity contribution in [2.75, 3.05) is 72.6 Å². The molecule has 0 spiro atoms. The number of aromatic nitrogens is 6. The number of likely N-dealkylation sites (N-methyl/N-ethyl adjacent to an activating group) is 1. The molecule has 0 atom stereocenters. The van der Waals surface area contributed by atoms with E-state index in [0.29, 0.717) is 11.0 Å². The first-order valence-corrected chi connectivity index (χ1v) is 20.2. The zero-order valence-electron chi connectivity index (χ0n) is 27.8. The molecule has 1 N–H and O–H groups in total. The molecular formula is C29H44F6N10O3P2. The van der Waals surface area contributed by atoms with Crippen LogP contribution in [0.25, 0.3) is 22.1 Å². The van der Waals surface area contributed by atoms with Gasteiger partial charge in [0.05, 0.1) is 13.2 Å². The molecule has 4 aliphatic rings. The second kappa shape index (κ2) is 15.4. The Morgan fingerprint density at radius 1 is 0.640 bits per heavy atom. The van der Waals surface area contributed by atoms with Crippen LogP contribution >= 0.6 is 15.8 Å². The van der Waals surface area contributed by atoms with Crippen LogP contribution in [0.2, 0.25) is 0 Å². The number of fused-ring (bicyclic) bond motifs is 2. The molecule has 280 valence electrons. The number of hydrogen-bond acceptors (Lipinski definition) is 11. The maximum atomic E-state index is 9.87. The van der Waals surface area contributed by atoms with Gasteiger partial charge in [-0.25, -0.2) is 0 Å². The van der Waals surface area contributed by atoms with Gasteiger partial charge in [0.1, 0.15) is 22.1 Å². The van der Waals surface area contributed by atoms with E-state index in [1.165, 1.54) is 38.5 Å². The average Bonchev–Trinajstić information content (AvgIpc) is 3.92. The average molecular weight is 757 g/mol. The maximum Gasteiger partial charge on any atom is 0.451 e. The molecule has 50 heavy (non-hydrogen) atoms. The first-order valence-electron chi connectivity index (χ1n) is 16.6. The second-order valence-electron chi connectivity index (χ2n) is 12.4. The third-order valence-corrected chi connectivity index (χ3v) is 12.2. The molecule has 0 bridgehead atoms. The molecule has 0 aliphatic carbocycles. The minimum absolute atomic E-state index is 0.627. The summed E-state index contributed by atoms with van der Waals surface area (Å²) in [5.74, 6) is 0. The molecule has 4 aliphatic heterocycles. The van der Waals surface area contributed by atoms with Gasteiger partial charge in [-0.2, -0.15) is 4.62 Å². The topological polar surface area (TPSA) is 113 Å². The minimum atomic E-state index is -10.7. The Morgan fingerprint density at radius 3 is 1.46 bits per heavy atom. The van der Waals surface area contributed by atoms with Crippen molar-refractivity contribution in [1.29, 1.82) is 0 Å². The number of para-hydroxylation sites is 2. The molecule has 4 fully saturated rings. The van der Waals surface area contributed by atoms with Crippen molar-refractivity contribution >= 4 is 37.8 Å². The maximum absolute atomic E-state index is 10.7. The fraction of sp³-hybridized carbons (Fsp3) is 0.586. The summed E-state index contributed by atoms with van der Waals surface area (Å²) in [6.45, 7) is 10.8. The van der Waals surface area contributed by atoms with Crippen molar-refractivity contribution in [3.63, 3.8) is 0 Å². The van der Waals surface area contributed by atoms with Crippen LogP contribution in [0.5, 0.6) is 0 Å². The van der Waals surface area contributed by atoms with Gasteiger partial charge in [-0.3, -0.25) is 0 Å². The monoisotopic (exact) mass is 756 g/mol. The fourth-order valence-corrected chi connectivity index (χ4v) is 10.2. The van der Waals surface area contributed by atoms with E-state index in [0.717, 1.165) is 81.5 Å². The SMILES string of the molecule is CN1CCOCC1.F[P-](F)(F)(F)(F)F.On1nnc2ccccc21.c1ccc2c(c1)nnn2O[P+](N1CCCC1)(N1CCCC1)N1CCCC1. The molecule has 4 aromatic rings. The second-order valence-corrected chi connectivity index (χ2v) is 17.2. The number of ether oxygens (including phenoxy) is 1. The molecular weight excluding hydrogens is 712 g/mol. The number of halogens is 6. The molecule has 2 aromatic heterocycles. The van der Waals surface area contributed by atoms with Crippen LogP contribution in [0.3, 0.4) is 0 Å². The summed E-state index contributed by atoms with van der Waals surface area (Å²) >= 11 is 0. The van der Waals surface area contributed by atoms with Gasteiger partial charge in [-0.05, 0) is 85.1 Å². The molecule has 6 heterocycles. The Kier molecular flexibility index (Phi) is 11.8. The van der Waals surface area contributed by atoms with Crippen molar-refractivity contribution < 1.29 is 39.8 Å². The molecule has 13 nitrogen and oxygen atoms in total. The van der Waals surface area contributed by atoms with E-state index in [4.69, 9.17) is 14.6 Å². The Hall–Kier alpha value is -2.92. The largest absolute Gasteiger partial charge is 0.451 e. The van der Waals surface area contributed by atoms with E-state index in [1.54, 1.807) is 17.0 Å². The Labute approximate surface area is 286 Å². The number of hydrogen-bond donors (Lipinski definition) is 1. The number of benzene rings is 2. The molecule has 0 saturated carbocycles. The van der Waals surface area contributed by atoms with Crippen molar-refractivity contribution in [1.82, 2.24) is 49.2 Å². The first-order chi connectivity index (χ1) is 23.6. The standard InChI is InChI=1S/C18H28N6OP.C6H5N3O.C5H11NO.F6P/c1-2-10-18-17(9-1)19-20-24(18)25-26(21-11-3-4-12-21,22-13-5-6-14-22)23-15-7-8-16-23;10-9-6-4-2-1-3-5(6)7-8-9;1-6-2-4-7-5-3-6;1-7(2,3,4,5)6/h1-2,9-10H,3-8,11-16H2;1-4,10H;2-5H2,1H3;/q+1;;;-1. The van der Waals surface area contributed by atoms with Crippen LogP contribution < -0.4 is 4.62 Å². The Bertz CT molecular complexity index is 1610. The zero-order chi connectivity index (χ0) is 35.9. The van der Waals surface area contributed by atoms with Crippen LogP contribution in [-0.2, 0) is 4.74 Å². The van der Waals surface area contributed by atoms with Crippen LogP contribution in [0.1, 0.15) is 38.5 Å². The Balaban J connectivity index is 0.000000164. The fourth-order valence-electron chi connectivity index (χ4n) is 6.10. The van der Waals surface area contributed by atoms with Gasteiger partial charge in [0, 0.05) is 52.4 Å². The predicted molar refractivity (Wildman–Crippen MR) is 180 cm³/mol. The van der Waals surface area contributed by atoms with Crippen molar-refractivity contribution in [3.05, 3.63) is 48.5 Å². The number of nitrogens with zero attached hydrogens (tertiary/aromatic N) is 10. The van der Waals surface area contributed by atoms with Gasteiger partial charge < -0.3 is 14.8 Å². The Morgan fingerprint density at radius 2 is 1.04 bits per heavy atom. The molecule has 0 unspecified atom stereocenters. The van der Waals surface area contributed by atoms with Crippen molar-refractivity contribution in [2.24, 2.45) is 0 Å². The van der Waals surface area contributed by atoms with Gasteiger partial charge in [0.15, 0.2) is 0 Å². The quantitative estimate of drug-likeness (QED) is 0.132. The molecule has 0 amide bonds. The van der Waals surface area contributed by atoms with Crippen LogP contribution in [-0.4, -0.2) is 127 Å². The normalized spacial score (nSPS) is 21.0. The molecule has 4 saturated heterocycles. The van der Waals surface area contributed by atoms with Gasteiger partial charge in [-0.1, -0.05) is 29.1 Å². The van der Waals surface area contributed by atoms with E-state index < -0.39 is 15.8 Å². The van der Waals surface area contributed by atoms with E-state index >= 15 is 0 Å². The zero-order valence-corrected chi connectivity index (χ0v) is 29.6. The van der Waals surface area contributed by atoms with Crippen molar-refractivity contribution in [3.8, 4) is 0 Å². The molecule has 21 heteroatoms. The van der Waals surface area contributed by atoms with Crippen LogP contribution in [0, 0.1) is 0 Å². The van der Waals surface area contributed by atoms with Crippen LogP contribution in [0.15, 0.2) is 48.5 Å². The number of morpholine rings is 1.